The van der Waals surface area contributed by atoms with E-state index in [1.807, 2.05) is 13.8 Å². The molecule has 0 aliphatic rings. The average Bonchev–Trinajstić information content (AvgIpc) is 2.24. The lowest BCUT2D eigenvalue weighted by Crippen LogP contribution is -2.10. The Morgan fingerprint density at radius 2 is 2.00 bits per heavy atom. The quantitative estimate of drug-likeness (QED) is 0.792. The topological polar surface area (TPSA) is 101 Å². The monoisotopic (exact) mass is 274 g/mol. The minimum absolute atomic E-state index is 0.244. The summed E-state index contributed by atoms with van der Waals surface area (Å²) in [6.07, 6.45) is 0. The zero-order valence-electron chi connectivity index (χ0n) is 9.95. The van der Waals surface area contributed by atoms with E-state index in [2.05, 4.69) is 0 Å². The number of aromatic carboxylic acids is 1. The molecule has 1 aromatic rings. The molecule has 0 aliphatic carbocycles. The standard InChI is InChI=1S/C11H14O6S/c1-7(2)6-17-8-3-4-10(18(14,15)16)9(5-8)11(12)13/h3-5,7H,6H2,1-2H3,(H,12,13)(H,14,15,16). The summed E-state index contributed by atoms with van der Waals surface area (Å²) in [4.78, 5) is 10.3. The number of benzene rings is 1. The highest BCUT2D eigenvalue weighted by Gasteiger charge is 2.20. The van der Waals surface area contributed by atoms with Crippen LogP contribution in [0.2, 0.25) is 0 Å². The average molecular weight is 274 g/mol. The summed E-state index contributed by atoms with van der Waals surface area (Å²) in [6, 6.07) is 3.39. The summed E-state index contributed by atoms with van der Waals surface area (Å²) in [6.45, 7) is 4.22. The summed E-state index contributed by atoms with van der Waals surface area (Å²) in [5.74, 6) is -0.953. The Hall–Kier alpha value is -1.60. The molecule has 1 aromatic carbocycles. The second-order valence-electron chi connectivity index (χ2n) is 4.14. The molecule has 0 fully saturated rings. The number of hydrogen-bond acceptors (Lipinski definition) is 4. The molecule has 18 heavy (non-hydrogen) atoms. The zero-order chi connectivity index (χ0) is 13.9. The Labute approximate surface area is 105 Å². The fourth-order valence-electron chi connectivity index (χ4n) is 1.25. The molecule has 0 atom stereocenters. The van der Waals surface area contributed by atoms with E-state index < -0.39 is 26.5 Å². The van der Waals surface area contributed by atoms with Gasteiger partial charge in [0.05, 0.1) is 12.2 Å². The van der Waals surface area contributed by atoms with Crippen LogP contribution in [0.1, 0.15) is 24.2 Å². The van der Waals surface area contributed by atoms with Gasteiger partial charge >= 0.3 is 5.97 Å². The number of carbonyl (C=O) groups is 1. The van der Waals surface area contributed by atoms with Gasteiger partial charge in [-0.15, -0.1) is 0 Å². The highest BCUT2D eigenvalue weighted by atomic mass is 32.2. The van der Waals surface area contributed by atoms with E-state index in [0.29, 0.717) is 6.61 Å². The Balaban J connectivity index is 3.16. The first-order valence-corrected chi connectivity index (χ1v) is 6.63. The van der Waals surface area contributed by atoms with Gasteiger partial charge in [-0.1, -0.05) is 13.8 Å². The maximum Gasteiger partial charge on any atom is 0.337 e. The highest BCUT2D eigenvalue weighted by molar-refractivity contribution is 7.86. The van der Waals surface area contributed by atoms with Crippen LogP contribution >= 0.6 is 0 Å². The van der Waals surface area contributed by atoms with Gasteiger partial charge in [0.2, 0.25) is 0 Å². The van der Waals surface area contributed by atoms with Crippen molar-refractivity contribution in [1.29, 1.82) is 0 Å². The zero-order valence-corrected chi connectivity index (χ0v) is 10.8. The molecule has 1 rings (SSSR count). The van der Waals surface area contributed by atoms with Gasteiger partial charge in [-0.25, -0.2) is 4.79 Å². The van der Waals surface area contributed by atoms with Crippen molar-refractivity contribution in [3.8, 4) is 5.75 Å². The lowest BCUT2D eigenvalue weighted by Gasteiger charge is -2.10. The molecule has 100 valence electrons. The van der Waals surface area contributed by atoms with E-state index >= 15 is 0 Å². The maximum atomic E-state index is 11.0. The Bertz CT molecular complexity index is 547. The van der Waals surface area contributed by atoms with Crippen molar-refractivity contribution in [2.45, 2.75) is 18.7 Å². The van der Waals surface area contributed by atoms with Gasteiger partial charge < -0.3 is 9.84 Å². The largest absolute Gasteiger partial charge is 0.493 e. The van der Waals surface area contributed by atoms with Crippen molar-refractivity contribution < 1.29 is 27.6 Å². The summed E-state index contributed by atoms with van der Waals surface area (Å²) >= 11 is 0. The predicted octanol–water partition coefficient (Wildman–Crippen LogP) is 1.67. The SMILES string of the molecule is CC(C)COc1ccc(S(=O)(=O)O)c(C(=O)O)c1. The molecule has 0 aromatic heterocycles. The number of carboxylic acids is 1. The van der Waals surface area contributed by atoms with Crippen LogP contribution in [-0.4, -0.2) is 30.7 Å². The summed E-state index contributed by atoms with van der Waals surface area (Å²) < 4.78 is 36.2. The molecule has 0 spiro atoms. The minimum Gasteiger partial charge on any atom is -0.493 e. The van der Waals surface area contributed by atoms with Crippen molar-refractivity contribution in [1.82, 2.24) is 0 Å². The van der Waals surface area contributed by atoms with Gasteiger partial charge in [0.15, 0.2) is 0 Å². The third-order valence-corrected chi connectivity index (χ3v) is 2.95. The van der Waals surface area contributed by atoms with Gasteiger partial charge in [0, 0.05) is 0 Å². The van der Waals surface area contributed by atoms with E-state index in [0.717, 1.165) is 12.1 Å². The van der Waals surface area contributed by atoms with Gasteiger partial charge in [-0.3, -0.25) is 4.55 Å². The smallest absolute Gasteiger partial charge is 0.337 e. The van der Waals surface area contributed by atoms with Crippen molar-refractivity contribution in [2.75, 3.05) is 6.61 Å². The van der Waals surface area contributed by atoms with Crippen LogP contribution < -0.4 is 4.74 Å². The van der Waals surface area contributed by atoms with Crippen LogP contribution in [0, 0.1) is 5.92 Å². The van der Waals surface area contributed by atoms with E-state index in [9.17, 15) is 13.2 Å². The lowest BCUT2D eigenvalue weighted by atomic mass is 10.2. The molecule has 0 heterocycles. The summed E-state index contributed by atoms with van der Waals surface area (Å²) in [7, 11) is -4.56. The Kier molecular flexibility index (Phi) is 4.31. The van der Waals surface area contributed by atoms with E-state index in [4.69, 9.17) is 14.4 Å². The van der Waals surface area contributed by atoms with Crippen molar-refractivity contribution in [3.05, 3.63) is 23.8 Å². The normalized spacial score (nSPS) is 11.6. The molecule has 0 aliphatic heterocycles. The predicted molar refractivity (Wildman–Crippen MR) is 63.5 cm³/mol. The molecule has 7 heteroatoms. The van der Waals surface area contributed by atoms with Gasteiger partial charge in [-0.2, -0.15) is 8.42 Å². The fraction of sp³-hybridized carbons (Fsp3) is 0.364. The first-order chi connectivity index (χ1) is 8.21. The lowest BCUT2D eigenvalue weighted by molar-refractivity contribution is 0.0691. The molecular formula is C11H14O6S. The first kappa shape index (κ1) is 14.5. The number of carboxylic acid groups (broad SMARTS) is 1. The maximum absolute atomic E-state index is 11.0. The highest BCUT2D eigenvalue weighted by Crippen LogP contribution is 2.22. The fourth-order valence-corrected chi connectivity index (χ4v) is 1.92. The molecule has 0 radical (unpaired) electrons. The molecule has 6 nitrogen and oxygen atoms in total. The van der Waals surface area contributed by atoms with Crippen LogP contribution in [0.5, 0.6) is 5.75 Å². The van der Waals surface area contributed by atoms with Crippen molar-refractivity contribution in [2.24, 2.45) is 5.92 Å². The molecule has 2 N–H and O–H groups in total. The van der Waals surface area contributed by atoms with Crippen molar-refractivity contribution in [3.63, 3.8) is 0 Å². The van der Waals surface area contributed by atoms with E-state index in [-0.39, 0.29) is 11.7 Å². The molecule has 0 amide bonds. The second-order valence-corrected chi connectivity index (χ2v) is 5.53. The molecule has 0 unspecified atom stereocenters. The van der Waals surface area contributed by atoms with Gasteiger partial charge in [0.1, 0.15) is 10.6 Å². The van der Waals surface area contributed by atoms with Crippen molar-refractivity contribution >= 4 is 16.1 Å². The summed E-state index contributed by atoms with van der Waals surface area (Å²) in [5.41, 5.74) is -0.515. The number of ether oxygens (including phenoxy) is 1. The van der Waals surface area contributed by atoms with Crippen LogP contribution in [-0.2, 0) is 10.1 Å². The van der Waals surface area contributed by atoms with E-state index in [1.54, 1.807) is 0 Å². The third kappa shape index (κ3) is 3.71. The van der Waals surface area contributed by atoms with Crippen LogP contribution in [0.25, 0.3) is 0 Å². The summed E-state index contributed by atoms with van der Waals surface area (Å²) in [5, 5.41) is 8.90. The van der Waals surface area contributed by atoms with Crippen LogP contribution in [0.15, 0.2) is 23.1 Å². The second kappa shape index (κ2) is 5.36. The minimum atomic E-state index is -4.56. The first-order valence-electron chi connectivity index (χ1n) is 5.19. The number of hydrogen-bond donors (Lipinski definition) is 2. The molecule has 0 bridgehead atoms. The third-order valence-electron chi connectivity index (χ3n) is 2.04. The van der Waals surface area contributed by atoms with E-state index in [1.165, 1.54) is 6.07 Å². The Morgan fingerprint density at radius 3 is 2.44 bits per heavy atom. The Morgan fingerprint density at radius 1 is 1.39 bits per heavy atom. The van der Waals surface area contributed by atoms with Crippen LogP contribution in [0.4, 0.5) is 0 Å². The van der Waals surface area contributed by atoms with Gasteiger partial charge in [0.25, 0.3) is 10.1 Å². The van der Waals surface area contributed by atoms with Gasteiger partial charge in [-0.05, 0) is 24.1 Å². The van der Waals surface area contributed by atoms with Crippen LogP contribution in [0.3, 0.4) is 0 Å². The molecule has 0 saturated heterocycles. The molecule has 0 saturated carbocycles. The number of rotatable bonds is 5. The molecular weight excluding hydrogens is 260 g/mol.